The average Bonchev–Trinajstić information content (AvgIpc) is 2.27. The number of ether oxygens (including phenoxy) is 2. The molecule has 0 aliphatic carbocycles. The van der Waals surface area contributed by atoms with Gasteiger partial charge in [0.15, 0.2) is 0 Å². The van der Waals surface area contributed by atoms with Crippen LogP contribution in [0.3, 0.4) is 0 Å². The number of hydrogen-bond acceptors (Lipinski definition) is 4. The minimum atomic E-state index is -0.655. The summed E-state index contributed by atoms with van der Waals surface area (Å²) in [5.74, 6) is 0. The fourth-order valence-electron chi connectivity index (χ4n) is 1.82. The van der Waals surface area contributed by atoms with Gasteiger partial charge in [0, 0.05) is 6.54 Å². The molecule has 1 amide bonds. The molecule has 0 radical (unpaired) electrons. The van der Waals surface area contributed by atoms with E-state index in [0.717, 1.165) is 0 Å². The van der Waals surface area contributed by atoms with Crippen LogP contribution in [0.1, 0.15) is 34.6 Å². The molecule has 0 aromatic heterocycles. The maximum absolute atomic E-state index is 12.1. The number of rotatable bonds is 1. The highest BCUT2D eigenvalue weighted by Gasteiger charge is 2.40. The number of nitrogens with zero attached hydrogens (tertiary/aromatic N) is 2. The molecular formula is C13H22N2O3. The Hall–Kier alpha value is -1.28. The molecular weight excluding hydrogens is 232 g/mol. The lowest BCUT2D eigenvalue weighted by Gasteiger charge is -2.41. The van der Waals surface area contributed by atoms with Crippen LogP contribution in [-0.4, -0.2) is 42.4 Å². The highest BCUT2D eigenvalue weighted by Crippen LogP contribution is 2.28. The summed E-state index contributed by atoms with van der Waals surface area (Å²) in [6.45, 7) is 10.4. The Morgan fingerprint density at radius 2 is 2.00 bits per heavy atom. The number of hydrogen-bond donors (Lipinski definition) is 0. The molecule has 1 atom stereocenters. The van der Waals surface area contributed by atoms with E-state index in [1.807, 2.05) is 34.6 Å². The van der Waals surface area contributed by atoms with Gasteiger partial charge in [-0.2, -0.15) is 5.26 Å². The summed E-state index contributed by atoms with van der Waals surface area (Å²) in [5, 5.41) is 9.19. The quantitative estimate of drug-likeness (QED) is 0.719. The van der Waals surface area contributed by atoms with Crippen molar-refractivity contribution in [3.8, 4) is 6.07 Å². The van der Waals surface area contributed by atoms with E-state index in [0.29, 0.717) is 19.8 Å². The van der Waals surface area contributed by atoms with Crippen molar-refractivity contribution in [3.05, 3.63) is 0 Å². The van der Waals surface area contributed by atoms with E-state index in [1.54, 1.807) is 4.90 Å². The van der Waals surface area contributed by atoms with E-state index >= 15 is 0 Å². The van der Waals surface area contributed by atoms with Crippen molar-refractivity contribution in [2.45, 2.75) is 46.3 Å². The Kier molecular flexibility index (Phi) is 4.23. The van der Waals surface area contributed by atoms with Crippen molar-refractivity contribution in [3.63, 3.8) is 0 Å². The van der Waals surface area contributed by atoms with Gasteiger partial charge in [-0.25, -0.2) is 4.79 Å². The van der Waals surface area contributed by atoms with Crippen LogP contribution in [0, 0.1) is 16.7 Å². The monoisotopic (exact) mass is 254 g/mol. The van der Waals surface area contributed by atoms with Gasteiger partial charge in [0.1, 0.15) is 5.60 Å². The topological polar surface area (TPSA) is 62.6 Å². The van der Waals surface area contributed by atoms with E-state index in [2.05, 4.69) is 6.07 Å². The summed E-state index contributed by atoms with van der Waals surface area (Å²) in [6, 6.07) is 1.96. The number of carbonyl (C=O) groups is 1. The van der Waals surface area contributed by atoms with E-state index in [-0.39, 0.29) is 12.1 Å². The van der Waals surface area contributed by atoms with Crippen LogP contribution in [0.5, 0.6) is 0 Å². The first kappa shape index (κ1) is 14.8. The molecule has 1 rings (SSSR count). The molecule has 1 aliphatic rings. The average molecular weight is 254 g/mol. The lowest BCUT2D eigenvalue weighted by molar-refractivity contribution is -0.0527. The smallest absolute Gasteiger partial charge is 0.410 e. The Bertz CT molecular complexity index is 352. The standard InChI is InChI=1S/C13H22N2O3/c1-12(2,3)18-11(16)15-6-7-17-8-10(15)13(4,5)9-14/h10H,6-8H2,1-5H3. The molecule has 5 nitrogen and oxygen atoms in total. The second-order valence-corrected chi connectivity index (χ2v) is 6.10. The summed E-state index contributed by atoms with van der Waals surface area (Å²) >= 11 is 0. The van der Waals surface area contributed by atoms with Crippen LogP contribution in [-0.2, 0) is 9.47 Å². The van der Waals surface area contributed by atoms with Gasteiger partial charge in [0.25, 0.3) is 0 Å². The van der Waals surface area contributed by atoms with E-state index in [4.69, 9.17) is 9.47 Å². The van der Waals surface area contributed by atoms with Crippen molar-refractivity contribution >= 4 is 6.09 Å². The van der Waals surface area contributed by atoms with Crippen LogP contribution >= 0.6 is 0 Å². The molecule has 1 heterocycles. The van der Waals surface area contributed by atoms with Crippen molar-refractivity contribution < 1.29 is 14.3 Å². The first-order valence-corrected chi connectivity index (χ1v) is 6.16. The predicted molar refractivity (Wildman–Crippen MR) is 66.9 cm³/mol. The lowest BCUT2D eigenvalue weighted by Crippen LogP contribution is -2.55. The summed E-state index contributed by atoms with van der Waals surface area (Å²) < 4.78 is 10.7. The van der Waals surface area contributed by atoms with Gasteiger partial charge >= 0.3 is 6.09 Å². The van der Waals surface area contributed by atoms with Gasteiger partial charge in [-0.1, -0.05) is 0 Å². The molecule has 0 aromatic carbocycles. The van der Waals surface area contributed by atoms with Gasteiger partial charge in [-0.05, 0) is 34.6 Å². The van der Waals surface area contributed by atoms with E-state index < -0.39 is 11.0 Å². The zero-order valence-electron chi connectivity index (χ0n) is 11.8. The normalized spacial score (nSPS) is 21.3. The largest absolute Gasteiger partial charge is 0.444 e. The van der Waals surface area contributed by atoms with Gasteiger partial charge in [-0.15, -0.1) is 0 Å². The first-order chi connectivity index (χ1) is 8.17. The predicted octanol–water partition coefficient (Wildman–Crippen LogP) is 2.17. The molecule has 1 fully saturated rings. The fourth-order valence-corrected chi connectivity index (χ4v) is 1.82. The molecule has 1 saturated heterocycles. The summed E-state index contributed by atoms with van der Waals surface area (Å²) in [5.41, 5.74) is -1.19. The first-order valence-electron chi connectivity index (χ1n) is 6.16. The van der Waals surface area contributed by atoms with Crippen LogP contribution < -0.4 is 0 Å². The lowest BCUT2D eigenvalue weighted by atomic mass is 9.85. The molecule has 0 N–H and O–H groups in total. The summed E-state index contributed by atoms with van der Waals surface area (Å²) in [4.78, 5) is 13.7. The van der Waals surface area contributed by atoms with Crippen LogP contribution in [0.25, 0.3) is 0 Å². The van der Waals surface area contributed by atoms with Crippen molar-refractivity contribution in [1.82, 2.24) is 4.90 Å². The maximum atomic E-state index is 12.1. The highest BCUT2D eigenvalue weighted by atomic mass is 16.6. The van der Waals surface area contributed by atoms with Crippen LogP contribution in [0.4, 0.5) is 4.79 Å². The molecule has 0 bridgehead atoms. The second kappa shape index (κ2) is 5.15. The molecule has 1 unspecified atom stereocenters. The molecule has 0 aromatic rings. The van der Waals surface area contributed by atoms with Gasteiger partial charge in [-0.3, -0.25) is 4.90 Å². The molecule has 18 heavy (non-hydrogen) atoms. The third-order valence-electron chi connectivity index (χ3n) is 2.88. The SMILES string of the molecule is CC(C)(C)OC(=O)N1CCOCC1C(C)(C)C#N. The molecule has 5 heteroatoms. The van der Waals surface area contributed by atoms with Crippen LogP contribution in [0.2, 0.25) is 0 Å². The zero-order valence-corrected chi connectivity index (χ0v) is 11.8. The fraction of sp³-hybridized carbons (Fsp3) is 0.846. The van der Waals surface area contributed by atoms with Gasteiger partial charge in [0.05, 0.1) is 30.7 Å². The number of nitriles is 1. The minimum Gasteiger partial charge on any atom is -0.444 e. The highest BCUT2D eigenvalue weighted by molar-refractivity contribution is 5.69. The summed E-state index contributed by atoms with van der Waals surface area (Å²) in [7, 11) is 0. The van der Waals surface area contributed by atoms with Crippen molar-refractivity contribution in [2.75, 3.05) is 19.8 Å². The number of morpholine rings is 1. The van der Waals surface area contributed by atoms with E-state index in [9.17, 15) is 10.1 Å². The molecule has 0 saturated carbocycles. The third kappa shape index (κ3) is 3.61. The second-order valence-electron chi connectivity index (χ2n) is 6.10. The number of amides is 1. The Balaban J connectivity index is 2.84. The maximum Gasteiger partial charge on any atom is 0.410 e. The molecule has 0 spiro atoms. The Morgan fingerprint density at radius 3 is 2.50 bits per heavy atom. The summed E-state index contributed by atoms with van der Waals surface area (Å²) in [6.07, 6.45) is -0.376. The number of carbonyl (C=O) groups excluding carboxylic acids is 1. The van der Waals surface area contributed by atoms with Gasteiger partial charge < -0.3 is 9.47 Å². The minimum absolute atomic E-state index is 0.272. The Morgan fingerprint density at radius 1 is 1.39 bits per heavy atom. The van der Waals surface area contributed by atoms with Crippen LogP contribution in [0.15, 0.2) is 0 Å². The van der Waals surface area contributed by atoms with Gasteiger partial charge in [0.2, 0.25) is 0 Å². The van der Waals surface area contributed by atoms with E-state index in [1.165, 1.54) is 0 Å². The van der Waals surface area contributed by atoms with Crippen molar-refractivity contribution in [1.29, 1.82) is 5.26 Å². The zero-order chi connectivity index (χ0) is 14.0. The molecule has 1 aliphatic heterocycles. The Labute approximate surface area is 109 Å². The molecule has 102 valence electrons. The van der Waals surface area contributed by atoms with Crippen molar-refractivity contribution in [2.24, 2.45) is 5.41 Å². The third-order valence-corrected chi connectivity index (χ3v) is 2.88.